The van der Waals surface area contributed by atoms with Gasteiger partial charge in [-0.15, -0.1) is 0 Å². The topological polar surface area (TPSA) is 45.5 Å². The predicted molar refractivity (Wildman–Crippen MR) is 82.4 cm³/mol. The molecule has 0 aliphatic heterocycles. The highest BCUT2D eigenvalue weighted by atomic mass is 15.3. The third-order valence-electron chi connectivity index (χ3n) is 3.76. The molecule has 0 spiro atoms. The van der Waals surface area contributed by atoms with Crippen molar-refractivity contribution in [2.45, 2.75) is 39.7 Å². The Morgan fingerprint density at radius 2 is 2.25 bits per heavy atom. The van der Waals surface area contributed by atoms with E-state index in [9.17, 15) is 0 Å². The number of anilines is 2. The molecular formula is C15H23N5. The van der Waals surface area contributed by atoms with Crippen LogP contribution in [0.25, 0.3) is 5.65 Å². The lowest BCUT2D eigenvalue weighted by atomic mass is 10.2. The van der Waals surface area contributed by atoms with Gasteiger partial charge in [-0.1, -0.05) is 0 Å². The molecule has 1 saturated carbocycles. The second kappa shape index (κ2) is 5.31. The van der Waals surface area contributed by atoms with Crippen molar-refractivity contribution < 1.29 is 0 Å². The summed E-state index contributed by atoms with van der Waals surface area (Å²) < 4.78 is 2.06. The van der Waals surface area contributed by atoms with Gasteiger partial charge in [-0.25, -0.2) is 9.97 Å². The summed E-state index contributed by atoms with van der Waals surface area (Å²) in [6.45, 7) is 8.50. The maximum atomic E-state index is 4.80. The van der Waals surface area contributed by atoms with Crippen LogP contribution >= 0.6 is 0 Å². The summed E-state index contributed by atoms with van der Waals surface area (Å²) in [5, 5.41) is 3.31. The molecule has 0 radical (unpaired) electrons. The van der Waals surface area contributed by atoms with Gasteiger partial charge in [0.15, 0.2) is 11.5 Å². The van der Waals surface area contributed by atoms with E-state index in [1.807, 2.05) is 18.6 Å². The molecule has 2 aromatic rings. The maximum absolute atomic E-state index is 4.80. The molecular weight excluding hydrogens is 250 g/mol. The lowest BCUT2D eigenvalue weighted by Crippen LogP contribution is -2.34. The van der Waals surface area contributed by atoms with Crippen LogP contribution in [0.1, 0.15) is 33.6 Å². The SMILES string of the molecule is CCNc1cn2ccnc2c(N(CC2CC2)C(C)C)n1. The highest BCUT2D eigenvalue weighted by Crippen LogP contribution is 2.33. The Morgan fingerprint density at radius 1 is 1.45 bits per heavy atom. The lowest BCUT2D eigenvalue weighted by molar-refractivity contribution is 0.637. The second-order valence-corrected chi connectivity index (χ2v) is 5.83. The highest BCUT2D eigenvalue weighted by molar-refractivity contribution is 5.67. The van der Waals surface area contributed by atoms with Crippen molar-refractivity contribution in [2.75, 3.05) is 23.3 Å². The van der Waals surface area contributed by atoms with Crippen molar-refractivity contribution >= 4 is 17.3 Å². The molecule has 0 atom stereocenters. The van der Waals surface area contributed by atoms with Gasteiger partial charge in [0.25, 0.3) is 0 Å². The van der Waals surface area contributed by atoms with Gasteiger partial charge in [-0.3, -0.25) is 0 Å². The minimum absolute atomic E-state index is 0.431. The highest BCUT2D eigenvalue weighted by Gasteiger charge is 2.27. The summed E-state index contributed by atoms with van der Waals surface area (Å²) in [7, 11) is 0. The van der Waals surface area contributed by atoms with Crippen LogP contribution in [0.4, 0.5) is 11.6 Å². The van der Waals surface area contributed by atoms with E-state index >= 15 is 0 Å². The van der Waals surface area contributed by atoms with E-state index in [-0.39, 0.29) is 0 Å². The molecule has 0 aromatic carbocycles. The Labute approximate surface area is 120 Å². The summed E-state index contributed by atoms with van der Waals surface area (Å²) in [5.74, 6) is 2.74. The minimum atomic E-state index is 0.431. The van der Waals surface area contributed by atoms with Crippen LogP contribution < -0.4 is 10.2 Å². The fourth-order valence-electron chi connectivity index (χ4n) is 2.49. The van der Waals surface area contributed by atoms with Gasteiger partial charge in [0, 0.05) is 31.5 Å². The number of fused-ring (bicyclic) bond motifs is 1. The van der Waals surface area contributed by atoms with Crippen molar-refractivity contribution in [3.63, 3.8) is 0 Å². The molecule has 20 heavy (non-hydrogen) atoms. The smallest absolute Gasteiger partial charge is 0.180 e. The predicted octanol–water partition coefficient (Wildman–Crippen LogP) is 2.79. The minimum Gasteiger partial charge on any atom is -0.369 e. The van der Waals surface area contributed by atoms with Crippen molar-refractivity contribution in [2.24, 2.45) is 5.92 Å². The van der Waals surface area contributed by atoms with Crippen molar-refractivity contribution in [1.29, 1.82) is 0 Å². The van der Waals surface area contributed by atoms with Crippen molar-refractivity contribution in [3.05, 3.63) is 18.6 Å². The van der Waals surface area contributed by atoms with Crippen molar-refractivity contribution in [3.8, 4) is 0 Å². The third kappa shape index (κ3) is 2.57. The molecule has 0 unspecified atom stereocenters. The zero-order chi connectivity index (χ0) is 14.1. The van der Waals surface area contributed by atoms with Crippen LogP contribution in [-0.2, 0) is 0 Å². The molecule has 0 bridgehead atoms. The molecule has 1 aliphatic rings. The summed E-state index contributed by atoms with van der Waals surface area (Å²) in [4.78, 5) is 11.7. The molecule has 0 saturated heterocycles. The van der Waals surface area contributed by atoms with Crippen LogP contribution in [0.5, 0.6) is 0 Å². The molecule has 3 rings (SSSR count). The van der Waals surface area contributed by atoms with Gasteiger partial charge >= 0.3 is 0 Å². The normalized spacial score (nSPS) is 15.0. The van der Waals surface area contributed by atoms with Crippen LogP contribution in [-0.4, -0.2) is 33.5 Å². The molecule has 1 N–H and O–H groups in total. The molecule has 1 fully saturated rings. The molecule has 5 nitrogen and oxygen atoms in total. The van der Waals surface area contributed by atoms with Gasteiger partial charge in [0.1, 0.15) is 5.82 Å². The zero-order valence-electron chi connectivity index (χ0n) is 12.5. The van der Waals surface area contributed by atoms with Crippen LogP contribution in [0.2, 0.25) is 0 Å². The van der Waals surface area contributed by atoms with E-state index in [1.165, 1.54) is 12.8 Å². The number of nitrogens with one attached hydrogen (secondary N) is 1. The summed E-state index contributed by atoms with van der Waals surface area (Å²) >= 11 is 0. The number of imidazole rings is 1. The second-order valence-electron chi connectivity index (χ2n) is 5.83. The number of hydrogen-bond donors (Lipinski definition) is 1. The number of aromatic nitrogens is 3. The third-order valence-corrected chi connectivity index (χ3v) is 3.76. The monoisotopic (exact) mass is 273 g/mol. The van der Waals surface area contributed by atoms with Crippen LogP contribution in [0.15, 0.2) is 18.6 Å². The molecule has 108 valence electrons. The van der Waals surface area contributed by atoms with Gasteiger partial charge in [-0.2, -0.15) is 0 Å². The largest absolute Gasteiger partial charge is 0.369 e. The first-order valence-corrected chi connectivity index (χ1v) is 7.53. The Kier molecular flexibility index (Phi) is 3.51. The van der Waals surface area contributed by atoms with Gasteiger partial charge < -0.3 is 14.6 Å². The molecule has 1 aliphatic carbocycles. The Hall–Kier alpha value is -1.78. The van der Waals surface area contributed by atoms with E-state index < -0.39 is 0 Å². The van der Waals surface area contributed by atoms with E-state index in [2.05, 4.69) is 40.4 Å². The van der Waals surface area contributed by atoms with E-state index in [1.54, 1.807) is 0 Å². The first-order valence-electron chi connectivity index (χ1n) is 7.53. The number of rotatable bonds is 6. The fourth-order valence-corrected chi connectivity index (χ4v) is 2.49. The summed E-state index contributed by atoms with van der Waals surface area (Å²) in [6, 6.07) is 0.431. The molecule has 2 aromatic heterocycles. The van der Waals surface area contributed by atoms with Crippen LogP contribution in [0.3, 0.4) is 0 Å². The zero-order valence-corrected chi connectivity index (χ0v) is 12.5. The number of nitrogens with zero attached hydrogens (tertiary/aromatic N) is 4. The summed E-state index contributed by atoms with van der Waals surface area (Å²) in [5.41, 5.74) is 0.945. The van der Waals surface area contributed by atoms with Gasteiger partial charge in [0.05, 0.1) is 6.20 Å². The maximum Gasteiger partial charge on any atom is 0.180 e. The van der Waals surface area contributed by atoms with E-state index in [4.69, 9.17) is 4.98 Å². The van der Waals surface area contributed by atoms with E-state index in [0.717, 1.165) is 36.3 Å². The standard InChI is InChI=1S/C15H23N5/c1-4-16-13-10-19-8-7-17-14(19)15(18-13)20(11(2)3)9-12-5-6-12/h7-8,10-12,16H,4-6,9H2,1-3H3. The average Bonchev–Trinajstić information content (AvgIpc) is 3.11. The first kappa shape index (κ1) is 13.2. The van der Waals surface area contributed by atoms with Gasteiger partial charge in [0.2, 0.25) is 0 Å². The molecule has 5 heteroatoms. The number of hydrogen-bond acceptors (Lipinski definition) is 4. The Morgan fingerprint density at radius 3 is 2.90 bits per heavy atom. The fraction of sp³-hybridized carbons (Fsp3) is 0.600. The molecule has 0 amide bonds. The van der Waals surface area contributed by atoms with Gasteiger partial charge in [-0.05, 0) is 39.5 Å². The van der Waals surface area contributed by atoms with E-state index in [0.29, 0.717) is 6.04 Å². The van der Waals surface area contributed by atoms with Crippen LogP contribution in [0, 0.1) is 5.92 Å². The lowest BCUT2D eigenvalue weighted by Gasteiger charge is -2.28. The first-order chi connectivity index (χ1) is 9.69. The summed E-state index contributed by atoms with van der Waals surface area (Å²) in [6.07, 6.45) is 8.52. The quantitative estimate of drug-likeness (QED) is 0.879. The average molecular weight is 273 g/mol. The van der Waals surface area contributed by atoms with Crippen molar-refractivity contribution in [1.82, 2.24) is 14.4 Å². The Balaban J connectivity index is 2.03. The molecule has 2 heterocycles. The Bertz CT molecular complexity index is 585.